The number of carboxylic acid groups (broad SMARTS) is 1. The van der Waals surface area contributed by atoms with E-state index in [4.69, 9.17) is 5.11 Å². The number of carbonyl (C=O) groups excluding carboxylic acids is 1. The maximum absolute atomic E-state index is 10.3. The molecule has 0 aromatic heterocycles. The van der Waals surface area contributed by atoms with Gasteiger partial charge in [-0.1, -0.05) is 6.08 Å². The van der Waals surface area contributed by atoms with Crippen LogP contribution < -0.4 is 5.32 Å². The summed E-state index contributed by atoms with van der Waals surface area (Å²) in [5, 5.41) is 10.6. The first-order valence-corrected chi connectivity index (χ1v) is 3.27. The lowest BCUT2D eigenvalue weighted by Crippen LogP contribution is -2.11. The van der Waals surface area contributed by atoms with Gasteiger partial charge in [0.25, 0.3) is 0 Å². The van der Waals surface area contributed by atoms with Crippen LogP contribution >= 0.6 is 0 Å². The van der Waals surface area contributed by atoms with E-state index in [-0.39, 0.29) is 12.3 Å². The van der Waals surface area contributed by atoms with E-state index in [2.05, 4.69) is 5.32 Å². The molecule has 4 heteroatoms. The van der Waals surface area contributed by atoms with Crippen LogP contribution in [0.2, 0.25) is 0 Å². The number of rotatable bonds is 4. The quantitative estimate of drug-likeness (QED) is 0.624. The molecular formula is C7H11NO3. The second kappa shape index (κ2) is 5.46. The third-order valence-corrected chi connectivity index (χ3v) is 0.929. The van der Waals surface area contributed by atoms with Crippen LogP contribution in [-0.2, 0) is 9.59 Å². The number of nitrogens with one attached hydrogen (secondary N) is 1. The van der Waals surface area contributed by atoms with Gasteiger partial charge >= 0.3 is 5.97 Å². The average Bonchev–Trinajstić information content (AvgIpc) is 1.85. The summed E-state index contributed by atoms with van der Waals surface area (Å²) in [6.07, 6.45) is 3.59. The highest BCUT2D eigenvalue weighted by Gasteiger charge is 1.91. The molecule has 0 unspecified atom stereocenters. The number of amides is 1. The second-order valence-corrected chi connectivity index (χ2v) is 2.04. The summed E-state index contributed by atoms with van der Waals surface area (Å²) < 4.78 is 0. The molecule has 0 rings (SSSR count). The molecule has 1 amide bonds. The minimum atomic E-state index is -0.836. The van der Waals surface area contributed by atoms with Crippen molar-refractivity contribution in [2.45, 2.75) is 19.8 Å². The number of aliphatic carboxylic acids is 1. The standard InChI is InChI=1S/C7H11NO3/c1-6(9)8-5-3-2-4-7(10)11/h3,5H,2,4H2,1H3,(H,8,9)(H,10,11). The van der Waals surface area contributed by atoms with Crippen molar-refractivity contribution < 1.29 is 14.7 Å². The van der Waals surface area contributed by atoms with Crippen LogP contribution in [0.3, 0.4) is 0 Å². The van der Waals surface area contributed by atoms with Crippen molar-refractivity contribution in [2.24, 2.45) is 0 Å². The first kappa shape index (κ1) is 9.68. The predicted octanol–water partition coefficient (Wildman–Crippen LogP) is 0.501. The largest absolute Gasteiger partial charge is 0.481 e. The zero-order chi connectivity index (χ0) is 8.69. The average molecular weight is 157 g/mol. The van der Waals surface area contributed by atoms with E-state index in [1.807, 2.05) is 0 Å². The summed E-state index contributed by atoms with van der Waals surface area (Å²) in [7, 11) is 0. The molecule has 62 valence electrons. The Labute approximate surface area is 64.9 Å². The summed E-state index contributed by atoms with van der Waals surface area (Å²) in [5.41, 5.74) is 0. The number of hydrogen-bond acceptors (Lipinski definition) is 2. The highest BCUT2D eigenvalue weighted by atomic mass is 16.4. The van der Waals surface area contributed by atoms with Crippen molar-refractivity contribution in [3.05, 3.63) is 12.3 Å². The molecule has 0 fully saturated rings. The van der Waals surface area contributed by atoms with Gasteiger partial charge < -0.3 is 10.4 Å². The summed E-state index contributed by atoms with van der Waals surface area (Å²) in [5.74, 6) is -0.992. The van der Waals surface area contributed by atoms with E-state index < -0.39 is 5.97 Å². The van der Waals surface area contributed by atoms with Crippen molar-refractivity contribution in [2.75, 3.05) is 0 Å². The highest BCUT2D eigenvalue weighted by molar-refractivity contribution is 5.73. The third-order valence-electron chi connectivity index (χ3n) is 0.929. The third kappa shape index (κ3) is 8.68. The van der Waals surface area contributed by atoms with Crippen molar-refractivity contribution in [3.8, 4) is 0 Å². The van der Waals surface area contributed by atoms with E-state index >= 15 is 0 Å². The molecule has 0 atom stereocenters. The molecule has 0 heterocycles. The Kier molecular flexibility index (Phi) is 4.81. The summed E-state index contributed by atoms with van der Waals surface area (Å²) >= 11 is 0. The van der Waals surface area contributed by atoms with Crippen LogP contribution in [0.5, 0.6) is 0 Å². The van der Waals surface area contributed by atoms with Crippen LogP contribution in [-0.4, -0.2) is 17.0 Å². The molecule has 0 aromatic carbocycles. The van der Waals surface area contributed by atoms with Crippen LogP contribution in [0.4, 0.5) is 0 Å². The van der Waals surface area contributed by atoms with E-state index in [0.717, 1.165) is 0 Å². The zero-order valence-electron chi connectivity index (χ0n) is 6.33. The zero-order valence-corrected chi connectivity index (χ0v) is 6.33. The topological polar surface area (TPSA) is 66.4 Å². The Morgan fingerprint density at radius 2 is 2.18 bits per heavy atom. The molecule has 0 saturated heterocycles. The summed E-state index contributed by atoms with van der Waals surface area (Å²) in [6, 6.07) is 0. The highest BCUT2D eigenvalue weighted by Crippen LogP contribution is 1.88. The van der Waals surface area contributed by atoms with Gasteiger partial charge in [0.15, 0.2) is 0 Å². The second-order valence-electron chi connectivity index (χ2n) is 2.04. The van der Waals surface area contributed by atoms with Gasteiger partial charge in [-0.05, 0) is 12.6 Å². The molecule has 4 nitrogen and oxygen atoms in total. The predicted molar refractivity (Wildman–Crippen MR) is 39.8 cm³/mol. The van der Waals surface area contributed by atoms with E-state index in [9.17, 15) is 9.59 Å². The first-order valence-electron chi connectivity index (χ1n) is 3.27. The van der Waals surface area contributed by atoms with Crippen LogP contribution in [0.25, 0.3) is 0 Å². The molecule has 0 bridgehead atoms. The fraction of sp³-hybridized carbons (Fsp3) is 0.429. The molecule has 0 spiro atoms. The van der Waals surface area contributed by atoms with Gasteiger partial charge in [-0.25, -0.2) is 0 Å². The molecule has 0 radical (unpaired) electrons. The van der Waals surface area contributed by atoms with Crippen molar-refractivity contribution in [3.63, 3.8) is 0 Å². The van der Waals surface area contributed by atoms with E-state index in [1.54, 1.807) is 6.08 Å². The van der Waals surface area contributed by atoms with Crippen LogP contribution in [0, 0.1) is 0 Å². The van der Waals surface area contributed by atoms with Gasteiger partial charge in [0.05, 0.1) is 0 Å². The molecule has 0 aliphatic rings. The maximum atomic E-state index is 10.3. The fourth-order valence-electron chi connectivity index (χ4n) is 0.466. The monoisotopic (exact) mass is 157 g/mol. The SMILES string of the molecule is CC(=O)NC=CCCC(=O)O. The molecular weight excluding hydrogens is 146 g/mol. The Morgan fingerprint density at radius 1 is 1.55 bits per heavy atom. The molecule has 0 aromatic rings. The fourth-order valence-corrected chi connectivity index (χ4v) is 0.466. The lowest BCUT2D eigenvalue weighted by molar-refractivity contribution is -0.136. The molecule has 2 N–H and O–H groups in total. The van der Waals surface area contributed by atoms with Gasteiger partial charge in [0, 0.05) is 13.3 Å². The molecule has 0 saturated carbocycles. The lowest BCUT2D eigenvalue weighted by atomic mass is 10.3. The van der Waals surface area contributed by atoms with Gasteiger partial charge in [-0.2, -0.15) is 0 Å². The van der Waals surface area contributed by atoms with Gasteiger partial charge in [0.1, 0.15) is 0 Å². The molecule has 11 heavy (non-hydrogen) atoms. The van der Waals surface area contributed by atoms with Gasteiger partial charge in [-0.15, -0.1) is 0 Å². The first-order chi connectivity index (χ1) is 5.13. The van der Waals surface area contributed by atoms with Gasteiger partial charge in [-0.3, -0.25) is 9.59 Å². The van der Waals surface area contributed by atoms with E-state index in [0.29, 0.717) is 6.42 Å². The lowest BCUT2D eigenvalue weighted by Gasteiger charge is -1.90. The van der Waals surface area contributed by atoms with E-state index in [1.165, 1.54) is 13.1 Å². The number of hydrogen-bond donors (Lipinski definition) is 2. The number of carbonyl (C=O) groups is 2. The molecule has 0 aliphatic heterocycles. The van der Waals surface area contributed by atoms with Crippen LogP contribution in [0.15, 0.2) is 12.3 Å². The summed E-state index contributed by atoms with van der Waals surface area (Å²) in [4.78, 5) is 20.2. The Balaban J connectivity index is 3.30. The Bertz CT molecular complexity index is 175. The minimum Gasteiger partial charge on any atom is -0.481 e. The Hall–Kier alpha value is -1.32. The van der Waals surface area contributed by atoms with Crippen molar-refractivity contribution in [1.29, 1.82) is 0 Å². The minimum absolute atomic E-state index is 0.0933. The molecule has 0 aliphatic carbocycles. The maximum Gasteiger partial charge on any atom is 0.303 e. The smallest absolute Gasteiger partial charge is 0.303 e. The number of carboxylic acids is 1. The normalized spacial score (nSPS) is 9.91. The Morgan fingerprint density at radius 3 is 2.64 bits per heavy atom. The van der Waals surface area contributed by atoms with Gasteiger partial charge in [0.2, 0.25) is 5.91 Å². The van der Waals surface area contributed by atoms with Crippen molar-refractivity contribution in [1.82, 2.24) is 5.32 Å². The summed E-state index contributed by atoms with van der Waals surface area (Å²) in [6.45, 7) is 1.39. The van der Waals surface area contributed by atoms with Crippen molar-refractivity contribution >= 4 is 11.9 Å². The van der Waals surface area contributed by atoms with Crippen LogP contribution in [0.1, 0.15) is 19.8 Å². The number of allylic oxidation sites excluding steroid dienone is 1.